The van der Waals surface area contributed by atoms with Gasteiger partial charge in [0.1, 0.15) is 7.14 Å². The Kier molecular flexibility index (Phi) is 2.33. The van der Waals surface area contributed by atoms with Crippen LogP contribution >= 0.6 is 7.14 Å². The Morgan fingerprint density at radius 1 is 1.12 bits per heavy atom. The molecule has 1 fully saturated rings. The Hall–Kier alpha value is -0.810. The minimum absolute atomic E-state index is 0.393. The molecule has 1 unspecified atom stereocenters. The van der Waals surface area contributed by atoms with Crippen molar-refractivity contribution in [3.8, 4) is 0 Å². The lowest BCUT2D eigenvalue weighted by molar-refractivity contribution is 0.561. The number of fused-ring (bicyclic) bond motifs is 2. The highest BCUT2D eigenvalue weighted by Gasteiger charge is 2.44. The van der Waals surface area contributed by atoms with Gasteiger partial charge in [-0.05, 0) is 31.3 Å². The topological polar surface area (TPSA) is 17.1 Å². The summed E-state index contributed by atoms with van der Waals surface area (Å²) in [6.45, 7) is 1.97. The van der Waals surface area contributed by atoms with Gasteiger partial charge in [0.25, 0.3) is 0 Å². The molecule has 0 aromatic heterocycles. The van der Waals surface area contributed by atoms with Crippen molar-refractivity contribution in [1.29, 1.82) is 0 Å². The van der Waals surface area contributed by atoms with Gasteiger partial charge in [-0.3, -0.25) is 0 Å². The molecular weight excluding hydrogens is 215 g/mol. The van der Waals surface area contributed by atoms with Gasteiger partial charge in [-0.1, -0.05) is 42.5 Å². The van der Waals surface area contributed by atoms with E-state index in [4.69, 9.17) is 0 Å². The van der Waals surface area contributed by atoms with Crippen LogP contribution in [0.5, 0.6) is 0 Å². The molecule has 0 aliphatic heterocycles. The average Bonchev–Trinajstić information content (AvgIpc) is 2.92. The summed E-state index contributed by atoms with van der Waals surface area (Å²) in [5, 5.41) is 1.06. The zero-order valence-electron chi connectivity index (χ0n) is 9.54. The van der Waals surface area contributed by atoms with Crippen LogP contribution in [-0.2, 0) is 4.57 Å². The summed E-state index contributed by atoms with van der Waals surface area (Å²) >= 11 is 0. The van der Waals surface area contributed by atoms with Crippen LogP contribution in [0.2, 0.25) is 0 Å². The fourth-order valence-corrected chi connectivity index (χ4v) is 6.01. The molecule has 1 aromatic rings. The van der Waals surface area contributed by atoms with E-state index >= 15 is 0 Å². The molecule has 2 heteroatoms. The fourth-order valence-electron chi connectivity index (χ4n) is 3.23. The molecule has 2 bridgehead atoms. The third-order valence-corrected chi connectivity index (χ3v) is 7.33. The highest BCUT2D eigenvalue weighted by atomic mass is 31.2. The third kappa shape index (κ3) is 1.50. The summed E-state index contributed by atoms with van der Waals surface area (Å²) in [6, 6.07) is 10.0. The smallest absolute Gasteiger partial charge is 0.116 e. The zero-order chi connectivity index (χ0) is 11.2. The highest BCUT2D eigenvalue weighted by molar-refractivity contribution is 7.71. The summed E-state index contributed by atoms with van der Waals surface area (Å²) in [6.07, 6.45) is 6.96. The molecule has 0 N–H and O–H groups in total. The average molecular weight is 232 g/mol. The lowest BCUT2D eigenvalue weighted by Crippen LogP contribution is -2.20. The molecule has 4 atom stereocenters. The number of benzene rings is 1. The Balaban J connectivity index is 1.95. The van der Waals surface area contributed by atoms with Crippen molar-refractivity contribution >= 4 is 12.4 Å². The van der Waals surface area contributed by atoms with Crippen molar-refractivity contribution in [2.75, 3.05) is 6.66 Å². The van der Waals surface area contributed by atoms with E-state index in [1.807, 2.05) is 37.0 Å². The lowest BCUT2D eigenvalue weighted by atomic mass is 10.1. The molecule has 0 amide bonds. The number of rotatable bonds is 2. The monoisotopic (exact) mass is 232 g/mol. The van der Waals surface area contributed by atoms with Crippen molar-refractivity contribution in [2.45, 2.75) is 18.5 Å². The predicted octanol–water partition coefficient (Wildman–Crippen LogP) is 3.27. The fraction of sp³-hybridized carbons (Fsp3) is 0.429. The van der Waals surface area contributed by atoms with E-state index in [1.165, 1.54) is 6.42 Å². The molecule has 0 saturated heterocycles. The maximum absolute atomic E-state index is 13.0. The Morgan fingerprint density at radius 3 is 2.44 bits per heavy atom. The molecular formula is C14H17OP. The standard InChI is InChI=1S/C14H17OP/c1-16(15,13-5-3-2-4-6-13)14-10-11-7-8-12(14)9-11/h2-8,11-12,14H,9-10H2,1H3/t11-,12+,14+,16?/m1/s1. The van der Waals surface area contributed by atoms with Crippen LogP contribution in [0.1, 0.15) is 12.8 Å². The van der Waals surface area contributed by atoms with Crippen molar-refractivity contribution in [3.05, 3.63) is 42.5 Å². The molecule has 2 aliphatic rings. The molecule has 0 spiro atoms. The minimum Gasteiger partial charge on any atom is -0.319 e. The first kappa shape index (κ1) is 10.4. The van der Waals surface area contributed by atoms with Crippen molar-refractivity contribution in [1.82, 2.24) is 0 Å². The van der Waals surface area contributed by atoms with Gasteiger partial charge in [-0.25, -0.2) is 0 Å². The van der Waals surface area contributed by atoms with E-state index in [0.29, 0.717) is 17.5 Å². The van der Waals surface area contributed by atoms with Crippen LogP contribution in [0.15, 0.2) is 42.5 Å². The van der Waals surface area contributed by atoms with Crippen molar-refractivity contribution in [3.63, 3.8) is 0 Å². The Labute approximate surface area is 96.9 Å². The second kappa shape index (κ2) is 3.60. The van der Waals surface area contributed by atoms with Crippen LogP contribution in [0, 0.1) is 11.8 Å². The van der Waals surface area contributed by atoms with Crippen LogP contribution in [0.4, 0.5) is 0 Å². The van der Waals surface area contributed by atoms with Gasteiger partial charge in [0, 0.05) is 11.0 Å². The minimum atomic E-state index is -2.19. The molecule has 1 aromatic carbocycles. The summed E-state index contributed by atoms with van der Waals surface area (Å²) in [5.41, 5.74) is 0.393. The quantitative estimate of drug-likeness (QED) is 0.565. The first-order valence-electron chi connectivity index (χ1n) is 5.99. The number of hydrogen-bond acceptors (Lipinski definition) is 1. The highest BCUT2D eigenvalue weighted by Crippen LogP contribution is 2.58. The maximum Gasteiger partial charge on any atom is 0.116 e. The molecule has 0 heterocycles. The van der Waals surface area contributed by atoms with Gasteiger partial charge < -0.3 is 4.57 Å². The second-order valence-corrected chi connectivity index (χ2v) is 8.33. The molecule has 84 valence electrons. The van der Waals surface area contributed by atoms with Crippen LogP contribution in [-0.4, -0.2) is 12.3 Å². The van der Waals surface area contributed by atoms with E-state index in [-0.39, 0.29) is 0 Å². The molecule has 0 radical (unpaired) electrons. The van der Waals surface area contributed by atoms with Gasteiger partial charge in [-0.2, -0.15) is 0 Å². The number of allylic oxidation sites excluding steroid dienone is 2. The van der Waals surface area contributed by atoms with Gasteiger partial charge >= 0.3 is 0 Å². The molecule has 1 nitrogen and oxygen atoms in total. The predicted molar refractivity (Wildman–Crippen MR) is 68.7 cm³/mol. The molecule has 1 saturated carbocycles. The first-order valence-corrected chi connectivity index (χ1v) is 8.21. The van der Waals surface area contributed by atoms with E-state index in [1.54, 1.807) is 0 Å². The SMILES string of the molecule is CP(=O)(c1ccccc1)[C@H]1C[C@@H]2C=C[C@H]1C2. The van der Waals surface area contributed by atoms with Gasteiger partial charge in [-0.15, -0.1) is 0 Å². The normalized spacial score (nSPS) is 35.2. The lowest BCUT2D eigenvalue weighted by Gasteiger charge is -2.26. The van der Waals surface area contributed by atoms with Crippen molar-refractivity contribution < 1.29 is 4.57 Å². The molecule has 2 aliphatic carbocycles. The van der Waals surface area contributed by atoms with Crippen LogP contribution < -0.4 is 5.30 Å². The van der Waals surface area contributed by atoms with E-state index in [9.17, 15) is 4.57 Å². The van der Waals surface area contributed by atoms with Crippen molar-refractivity contribution in [2.24, 2.45) is 11.8 Å². The summed E-state index contributed by atoms with van der Waals surface area (Å²) in [5.74, 6) is 1.27. The Bertz CT molecular complexity index is 463. The maximum atomic E-state index is 13.0. The second-order valence-electron chi connectivity index (χ2n) is 5.17. The van der Waals surface area contributed by atoms with Gasteiger partial charge in [0.05, 0.1) is 0 Å². The first-order chi connectivity index (χ1) is 7.68. The van der Waals surface area contributed by atoms with E-state index in [2.05, 4.69) is 12.2 Å². The summed E-state index contributed by atoms with van der Waals surface area (Å²) < 4.78 is 13.0. The van der Waals surface area contributed by atoms with Gasteiger partial charge in [0.2, 0.25) is 0 Å². The van der Waals surface area contributed by atoms with Gasteiger partial charge in [0.15, 0.2) is 0 Å². The molecule has 16 heavy (non-hydrogen) atoms. The van der Waals surface area contributed by atoms with E-state index < -0.39 is 7.14 Å². The summed E-state index contributed by atoms with van der Waals surface area (Å²) in [4.78, 5) is 0. The van der Waals surface area contributed by atoms with Crippen LogP contribution in [0.25, 0.3) is 0 Å². The zero-order valence-corrected chi connectivity index (χ0v) is 10.4. The number of hydrogen-bond donors (Lipinski definition) is 0. The Morgan fingerprint density at radius 2 is 1.88 bits per heavy atom. The largest absolute Gasteiger partial charge is 0.319 e. The van der Waals surface area contributed by atoms with Crippen LogP contribution in [0.3, 0.4) is 0 Å². The molecule has 3 rings (SSSR count). The van der Waals surface area contributed by atoms with E-state index in [0.717, 1.165) is 11.7 Å². The summed E-state index contributed by atoms with van der Waals surface area (Å²) in [7, 11) is -2.19. The third-order valence-electron chi connectivity index (χ3n) is 4.15.